The molecule has 0 bridgehead atoms. The number of hydrogen-bond donors (Lipinski definition) is 2. The molecule has 7 heteroatoms. The van der Waals surface area contributed by atoms with E-state index in [-0.39, 0.29) is 5.91 Å². The van der Waals surface area contributed by atoms with Crippen molar-refractivity contribution in [3.63, 3.8) is 0 Å². The highest BCUT2D eigenvalue weighted by molar-refractivity contribution is 9.10. The highest BCUT2D eigenvalue weighted by Gasteiger charge is 2.07. The largest absolute Gasteiger partial charge is 0.339 e. The lowest BCUT2D eigenvalue weighted by Crippen LogP contribution is -2.13. The van der Waals surface area contributed by atoms with E-state index in [2.05, 4.69) is 42.8 Å². The molecule has 122 valence electrons. The van der Waals surface area contributed by atoms with Crippen LogP contribution in [0, 0.1) is 11.3 Å². The van der Waals surface area contributed by atoms with Crippen LogP contribution in [0.3, 0.4) is 0 Å². The minimum atomic E-state index is -0.255. The Morgan fingerprint density at radius 3 is 2.16 bits per heavy atom. The third-order valence-corrected chi connectivity index (χ3v) is 3.83. The average molecular weight is 394 g/mol. The van der Waals surface area contributed by atoms with Crippen molar-refractivity contribution in [1.82, 2.24) is 10.2 Å². The van der Waals surface area contributed by atoms with Crippen molar-refractivity contribution in [2.24, 2.45) is 0 Å². The van der Waals surface area contributed by atoms with Gasteiger partial charge in [0.05, 0.1) is 11.6 Å². The van der Waals surface area contributed by atoms with Crippen LogP contribution in [0.1, 0.15) is 15.9 Å². The SMILES string of the molecule is N#Cc1ccc(Nc2ccc(NC(=O)c3ccc(Br)cc3)nn2)cc1. The first-order chi connectivity index (χ1) is 12.1. The summed E-state index contributed by atoms with van der Waals surface area (Å²) in [7, 11) is 0. The van der Waals surface area contributed by atoms with Crippen molar-refractivity contribution in [3.8, 4) is 6.07 Å². The predicted octanol–water partition coefficient (Wildman–Crippen LogP) is 4.11. The predicted molar refractivity (Wildman–Crippen MR) is 98.6 cm³/mol. The number of benzene rings is 2. The van der Waals surface area contributed by atoms with Gasteiger partial charge in [-0.3, -0.25) is 4.79 Å². The van der Waals surface area contributed by atoms with Gasteiger partial charge >= 0.3 is 0 Å². The van der Waals surface area contributed by atoms with Crippen LogP contribution in [0.2, 0.25) is 0 Å². The molecular formula is C18H12BrN5O. The van der Waals surface area contributed by atoms with E-state index in [1.807, 2.05) is 0 Å². The lowest BCUT2D eigenvalue weighted by atomic mass is 10.2. The Hall–Kier alpha value is -3.24. The molecule has 1 amide bonds. The van der Waals surface area contributed by atoms with Crippen molar-refractivity contribution < 1.29 is 4.79 Å². The van der Waals surface area contributed by atoms with Gasteiger partial charge in [-0.15, -0.1) is 10.2 Å². The van der Waals surface area contributed by atoms with Crippen LogP contribution in [0.15, 0.2) is 65.1 Å². The first-order valence-corrected chi connectivity index (χ1v) is 8.11. The molecule has 0 radical (unpaired) electrons. The maximum Gasteiger partial charge on any atom is 0.256 e. The van der Waals surface area contributed by atoms with Gasteiger partial charge in [-0.05, 0) is 60.7 Å². The maximum atomic E-state index is 12.1. The number of amides is 1. The van der Waals surface area contributed by atoms with Gasteiger partial charge in [0.2, 0.25) is 0 Å². The van der Waals surface area contributed by atoms with E-state index in [4.69, 9.17) is 5.26 Å². The standard InChI is InChI=1S/C18H12BrN5O/c19-14-5-3-13(4-6-14)18(25)22-17-10-9-16(23-24-17)21-15-7-1-12(11-20)2-8-15/h1-10H,(H,21,23)(H,22,24,25). The smallest absolute Gasteiger partial charge is 0.256 e. The molecule has 1 heterocycles. The fourth-order valence-electron chi connectivity index (χ4n) is 2.03. The lowest BCUT2D eigenvalue weighted by Gasteiger charge is -2.07. The topological polar surface area (TPSA) is 90.7 Å². The summed E-state index contributed by atoms with van der Waals surface area (Å²) in [4.78, 5) is 12.1. The number of carbonyl (C=O) groups is 1. The molecule has 0 saturated carbocycles. The summed E-state index contributed by atoms with van der Waals surface area (Å²) in [6.45, 7) is 0. The summed E-state index contributed by atoms with van der Waals surface area (Å²) in [5.74, 6) is 0.638. The molecule has 0 fully saturated rings. The number of rotatable bonds is 4. The van der Waals surface area contributed by atoms with E-state index < -0.39 is 0 Å². The van der Waals surface area contributed by atoms with Crippen molar-refractivity contribution in [1.29, 1.82) is 5.26 Å². The van der Waals surface area contributed by atoms with Gasteiger partial charge in [0, 0.05) is 15.7 Å². The molecule has 0 atom stereocenters. The van der Waals surface area contributed by atoms with E-state index in [1.54, 1.807) is 60.7 Å². The van der Waals surface area contributed by atoms with E-state index in [1.165, 1.54) is 0 Å². The molecule has 3 aromatic rings. The second kappa shape index (κ2) is 7.55. The molecule has 0 unspecified atom stereocenters. The summed E-state index contributed by atoms with van der Waals surface area (Å²) < 4.78 is 0.905. The average Bonchev–Trinajstić information content (AvgIpc) is 2.64. The van der Waals surface area contributed by atoms with Gasteiger partial charge in [0.15, 0.2) is 11.6 Å². The lowest BCUT2D eigenvalue weighted by molar-refractivity contribution is 0.102. The molecule has 0 spiro atoms. The van der Waals surface area contributed by atoms with E-state index in [0.717, 1.165) is 10.2 Å². The number of nitrogens with zero attached hydrogens (tertiary/aromatic N) is 3. The normalized spacial score (nSPS) is 9.92. The first-order valence-electron chi connectivity index (χ1n) is 7.32. The molecule has 6 nitrogen and oxygen atoms in total. The Kier molecular flexibility index (Phi) is 5.02. The number of halogens is 1. The van der Waals surface area contributed by atoms with Crippen LogP contribution in [-0.2, 0) is 0 Å². The number of carbonyl (C=O) groups excluding carboxylic acids is 1. The summed E-state index contributed by atoms with van der Waals surface area (Å²) in [5, 5.41) is 22.6. The van der Waals surface area contributed by atoms with Crippen molar-refractivity contribution in [2.75, 3.05) is 10.6 Å². The highest BCUT2D eigenvalue weighted by atomic mass is 79.9. The summed E-state index contributed by atoms with van der Waals surface area (Å²) in [6.07, 6.45) is 0. The van der Waals surface area contributed by atoms with Crippen LogP contribution in [0.5, 0.6) is 0 Å². The Bertz CT molecular complexity index is 916. The van der Waals surface area contributed by atoms with Crippen molar-refractivity contribution >= 4 is 39.2 Å². The second-order valence-corrected chi connectivity index (χ2v) is 5.99. The molecule has 3 rings (SSSR count). The van der Waals surface area contributed by atoms with Crippen LogP contribution in [-0.4, -0.2) is 16.1 Å². The molecule has 2 N–H and O–H groups in total. The zero-order valence-corrected chi connectivity index (χ0v) is 14.5. The Morgan fingerprint density at radius 1 is 0.920 bits per heavy atom. The molecule has 1 aromatic heterocycles. The Labute approximate surface area is 152 Å². The Morgan fingerprint density at radius 2 is 1.56 bits per heavy atom. The molecule has 2 aromatic carbocycles. The quantitative estimate of drug-likeness (QED) is 0.695. The molecular weight excluding hydrogens is 382 g/mol. The number of nitriles is 1. The minimum absolute atomic E-state index is 0.255. The van der Waals surface area contributed by atoms with Gasteiger partial charge < -0.3 is 10.6 Å². The number of hydrogen-bond acceptors (Lipinski definition) is 5. The van der Waals surface area contributed by atoms with E-state index in [0.29, 0.717) is 22.8 Å². The van der Waals surface area contributed by atoms with E-state index >= 15 is 0 Å². The van der Waals surface area contributed by atoms with Gasteiger partial charge in [-0.25, -0.2) is 0 Å². The minimum Gasteiger partial charge on any atom is -0.339 e. The summed E-state index contributed by atoms with van der Waals surface area (Å²) in [5.41, 5.74) is 1.91. The molecule has 25 heavy (non-hydrogen) atoms. The van der Waals surface area contributed by atoms with Gasteiger partial charge in [0.1, 0.15) is 0 Å². The van der Waals surface area contributed by atoms with Crippen LogP contribution < -0.4 is 10.6 Å². The zero-order chi connectivity index (χ0) is 17.6. The number of anilines is 3. The van der Waals surface area contributed by atoms with E-state index in [9.17, 15) is 4.79 Å². The molecule has 0 saturated heterocycles. The fraction of sp³-hybridized carbons (Fsp3) is 0. The number of nitrogens with one attached hydrogen (secondary N) is 2. The van der Waals surface area contributed by atoms with Gasteiger partial charge in [-0.2, -0.15) is 5.26 Å². The Balaban J connectivity index is 1.64. The highest BCUT2D eigenvalue weighted by Crippen LogP contribution is 2.16. The third-order valence-electron chi connectivity index (χ3n) is 3.30. The van der Waals surface area contributed by atoms with Crippen LogP contribution >= 0.6 is 15.9 Å². The summed E-state index contributed by atoms with van der Waals surface area (Å²) >= 11 is 3.33. The van der Waals surface area contributed by atoms with Crippen LogP contribution in [0.4, 0.5) is 17.3 Å². The third kappa shape index (κ3) is 4.40. The van der Waals surface area contributed by atoms with Crippen molar-refractivity contribution in [2.45, 2.75) is 0 Å². The monoisotopic (exact) mass is 393 g/mol. The van der Waals surface area contributed by atoms with Crippen LogP contribution in [0.25, 0.3) is 0 Å². The van der Waals surface area contributed by atoms with Crippen molar-refractivity contribution in [3.05, 3.63) is 76.3 Å². The molecule has 0 aliphatic heterocycles. The first kappa shape index (κ1) is 16.6. The number of aromatic nitrogens is 2. The zero-order valence-electron chi connectivity index (χ0n) is 12.9. The van der Waals surface area contributed by atoms with Gasteiger partial charge in [0.25, 0.3) is 5.91 Å². The molecule has 0 aliphatic carbocycles. The summed E-state index contributed by atoms with van der Waals surface area (Å²) in [6, 6.07) is 19.4. The maximum absolute atomic E-state index is 12.1. The van der Waals surface area contributed by atoms with Gasteiger partial charge in [-0.1, -0.05) is 15.9 Å². The molecule has 0 aliphatic rings. The fourth-order valence-corrected chi connectivity index (χ4v) is 2.30. The second-order valence-electron chi connectivity index (χ2n) is 5.08.